The maximum atomic E-state index is 10.3. The Bertz CT molecular complexity index is 278. The van der Waals surface area contributed by atoms with Gasteiger partial charge in [0.2, 0.25) is 0 Å². The fourth-order valence-electron chi connectivity index (χ4n) is 2.12. The smallest absolute Gasteiger partial charge is 0.303 e. The molecule has 18 heavy (non-hydrogen) atoms. The van der Waals surface area contributed by atoms with Crippen LogP contribution in [0.5, 0.6) is 0 Å². The number of ether oxygens (including phenoxy) is 2. The van der Waals surface area contributed by atoms with Crippen LogP contribution in [0.2, 0.25) is 0 Å². The summed E-state index contributed by atoms with van der Waals surface area (Å²) in [4.78, 5) is 10.3. The summed E-state index contributed by atoms with van der Waals surface area (Å²) in [5, 5.41) is 27.7. The quantitative estimate of drug-likeness (QED) is 0.578. The van der Waals surface area contributed by atoms with Gasteiger partial charge in [0.05, 0.1) is 12.7 Å². The van der Waals surface area contributed by atoms with Gasteiger partial charge in [0, 0.05) is 6.42 Å². The predicted molar refractivity (Wildman–Crippen MR) is 63.0 cm³/mol. The summed E-state index contributed by atoms with van der Waals surface area (Å²) in [7, 11) is 0. The van der Waals surface area contributed by atoms with Gasteiger partial charge < -0.3 is 24.8 Å². The molecule has 3 atom stereocenters. The summed E-state index contributed by atoms with van der Waals surface area (Å²) in [6.07, 6.45) is -0.182. The highest BCUT2D eigenvalue weighted by Crippen LogP contribution is 2.31. The van der Waals surface area contributed by atoms with Gasteiger partial charge in [-0.25, -0.2) is 0 Å². The second-order valence-electron chi connectivity index (χ2n) is 5.03. The Morgan fingerprint density at radius 2 is 2.00 bits per heavy atom. The van der Waals surface area contributed by atoms with Crippen molar-refractivity contribution in [3.8, 4) is 0 Å². The van der Waals surface area contributed by atoms with Crippen LogP contribution in [-0.2, 0) is 14.3 Å². The van der Waals surface area contributed by atoms with Gasteiger partial charge in [-0.3, -0.25) is 4.79 Å². The third-order valence-electron chi connectivity index (χ3n) is 2.92. The first-order valence-electron chi connectivity index (χ1n) is 6.22. The number of hydrogen-bond donors (Lipinski definition) is 3. The Balaban J connectivity index is 2.36. The third kappa shape index (κ3) is 4.53. The van der Waals surface area contributed by atoms with Gasteiger partial charge in [-0.15, -0.1) is 0 Å². The second-order valence-corrected chi connectivity index (χ2v) is 5.03. The molecule has 6 nitrogen and oxygen atoms in total. The van der Waals surface area contributed by atoms with Crippen LogP contribution in [-0.4, -0.2) is 52.0 Å². The van der Waals surface area contributed by atoms with Crippen molar-refractivity contribution in [2.75, 3.05) is 6.61 Å². The number of hydrogen-bond acceptors (Lipinski definition) is 5. The van der Waals surface area contributed by atoms with E-state index in [1.54, 1.807) is 13.8 Å². The molecule has 0 saturated carbocycles. The summed E-state index contributed by atoms with van der Waals surface area (Å²) < 4.78 is 11.0. The number of carboxylic acids is 1. The molecule has 0 amide bonds. The standard InChI is InChI=1S/C12H22O6/c1-12(2)17-9(7-13)11(18-12)8(14)5-3-4-6-10(15)16/h8-9,11,13-14H,3-7H2,1-2H3,(H,15,16). The zero-order valence-corrected chi connectivity index (χ0v) is 10.8. The summed E-state index contributed by atoms with van der Waals surface area (Å²) in [5.41, 5.74) is 0. The van der Waals surface area contributed by atoms with Gasteiger partial charge in [0.15, 0.2) is 5.79 Å². The molecule has 0 aromatic carbocycles. The molecule has 6 heteroatoms. The van der Waals surface area contributed by atoms with Crippen LogP contribution in [0.1, 0.15) is 39.5 Å². The molecular weight excluding hydrogens is 240 g/mol. The molecule has 106 valence electrons. The molecule has 1 heterocycles. The molecule has 1 rings (SSSR count). The normalized spacial score (nSPS) is 28.2. The minimum atomic E-state index is -0.834. The van der Waals surface area contributed by atoms with Crippen LogP contribution in [0.15, 0.2) is 0 Å². The largest absolute Gasteiger partial charge is 0.481 e. The van der Waals surface area contributed by atoms with Crippen LogP contribution >= 0.6 is 0 Å². The Hall–Kier alpha value is -0.690. The lowest BCUT2D eigenvalue weighted by Crippen LogP contribution is -2.37. The van der Waals surface area contributed by atoms with E-state index < -0.39 is 30.1 Å². The van der Waals surface area contributed by atoms with Gasteiger partial charge in [0.25, 0.3) is 0 Å². The molecule has 1 saturated heterocycles. The molecule has 0 aliphatic carbocycles. The summed E-state index contributed by atoms with van der Waals surface area (Å²) in [6, 6.07) is 0. The minimum Gasteiger partial charge on any atom is -0.481 e. The summed E-state index contributed by atoms with van der Waals surface area (Å²) >= 11 is 0. The van der Waals surface area contributed by atoms with Crippen LogP contribution in [0.4, 0.5) is 0 Å². The van der Waals surface area contributed by atoms with Crippen molar-refractivity contribution in [3.05, 3.63) is 0 Å². The molecule has 3 unspecified atom stereocenters. The number of carboxylic acid groups (broad SMARTS) is 1. The predicted octanol–water partition coefficient (Wildman–Crippen LogP) is 0.505. The van der Waals surface area contributed by atoms with Crippen LogP contribution < -0.4 is 0 Å². The van der Waals surface area contributed by atoms with E-state index in [0.29, 0.717) is 19.3 Å². The van der Waals surface area contributed by atoms with Gasteiger partial charge in [-0.1, -0.05) is 6.42 Å². The number of unbranched alkanes of at least 4 members (excludes halogenated alkanes) is 1. The Labute approximate surface area is 107 Å². The maximum Gasteiger partial charge on any atom is 0.303 e. The number of carbonyl (C=O) groups is 1. The molecule has 0 aromatic heterocycles. The first-order chi connectivity index (χ1) is 8.35. The topological polar surface area (TPSA) is 96.2 Å². The van der Waals surface area contributed by atoms with Gasteiger partial charge in [0.1, 0.15) is 12.2 Å². The van der Waals surface area contributed by atoms with Crippen molar-refractivity contribution in [2.24, 2.45) is 0 Å². The van der Waals surface area contributed by atoms with E-state index in [9.17, 15) is 9.90 Å². The van der Waals surface area contributed by atoms with Crippen molar-refractivity contribution < 1.29 is 29.6 Å². The zero-order valence-electron chi connectivity index (χ0n) is 10.8. The van der Waals surface area contributed by atoms with E-state index in [2.05, 4.69) is 0 Å². The van der Waals surface area contributed by atoms with E-state index in [1.807, 2.05) is 0 Å². The third-order valence-corrected chi connectivity index (χ3v) is 2.92. The Kier molecular flexibility index (Phi) is 5.52. The maximum absolute atomic E-state index is 10.3. The molecule has 3 N–H and O–H groups in total. The lowest BCUT2D eigenvalue weighted by molar-refractivity contribution is -0.157. The monoisotopic (exact) mass is 262 g/mol. The molecule has 1 aliphatic heterocycles. The first kappa shape index (κ1) is 15.4. The molecule has 0 bridgehead atoms. The van der Waals surface area contributed by atoms with Crippen LogP contribution in [0.25, 0.3) is 0 Å². The van der Waals surface area contributed by atoms with Gasteiger partial charge >= 0.3 is 5.97 Å². The average molecular weight is 262 g/mol. The van der Waals surface area contributed by atoms with E-state index in [1.165, 1.54) is 0 Å². The van der Waals surface area contributed by atoms with E-state index in [-0.39, 0.29) is 13.0 Å². The summed E-state index contributed by atoms with van der Waals surface area (Å²) in [5.74, 6) is -1.64. The molecular formula is C12H22O6. The van der Waals surface area contributed by atoms with Crippen molar-refractivity contribution in [1.29, 1.82) is 0 Å². The first-order valence-corrected chi connectivity index (χ1v) is 6.22. The number of rotatable bonds is 7. The highest BCUT2D eigenvalue weighted by molar-refractivity contribution is 5.66. The molecule has 1 aliphatic rings. The van der Waals surface area contributed by atoms with Crippen LogP contribution in [0.3, 0.4) is 0 Å². The van der Waals surface area contributed by atoms with E-state index in [4.69, 9.17) is 19.7 Å². The molecule has 0 radical (unpaired) electrons. The van der Waals surface area contributed by atoms with Crippen molar-refractivity contribution in [3.63, 3.8) is 0 Å². The number of aliphatic hydroxyl groups excluding tert-OH is 2. The molecule has 0 aromatic rings. The van der Waals surface area contributed by atoms with Crippen molar-refractivity contribution in [2.45, 2.75) is 63.6 Å². The zero-order chi connectivity index (χ0) is 13.8. The van der Waals surface area contributed by atoms with Crippen molar-refractivity contribution in [1.82, 2.24) is 0 Å². The van der Waals surface area contributed by atoms with Crippen LogP contribution in [0, 0.1) is 0 Å². The average Bonchev–Trinajstić information content (AvgIpc) is 2.59. The Morgan fingerprint density at radius 3 is 2.56 bits per heavy atom. The number of aliphatic hydroxyl groups is 2. The SMILES string of the molecule is CC1(C)OC(CO)C(C(O)CCCCC(=O)O)O1. The van der Waals surface area contributed by atoms with E-state index in [0.717, 1.165) is 0 Å². The second kappa shape index (κ2) is 6.47. The highest BCUT2D eigenvalue weighted by atomic mass is 16.8. The van der Waals surface area contributed by atoms with Crippen molar-refractivity contribution >= 4 is 5.97 Å². The summed E-state index contributed by atoms with van der Waals surface area (Å²) in [6.45, 7) is 3.25. The number of aliphatic carboxylic acids is 1. The minimum absolute atomic E-state index is 0.101. The lowest BCUT2D eigenvalue weighted by atomic mass is 10.0. The molecule has 0 spiro atoms. The van der Waals surface area contributed by atoms with Gasteiger partial charge in [-0.05, 0) is 26.7 Å². The Morgan fingerprint density at radius 1 is 1.33 bits per heavy atom. The molecule has 1 fully saturated rings. The highest BCUT2D eigenvalue weighted by Gasteiger charge is 2.44. The van der Waals surface area contributed by atoms with Gasteiger partial charge in [-0.2, -0.15) is 0 Å². The fraction of sp³-hybridized carbons (Fsp3) is 0.917. The van der Waals surface area contributed by atoms with E-state index >= 15 is 0 Å². The fourth-order valence-corrected chi connectivity index (χ4v) is 2.12. The lowest BCUT2D eigenvalue weighted by Gasteiger charge is -2.21.